The number of hydrogen-bond donors (Lipinski definition) is 1. The van der Waals surface area contributed by atoms with E-state index < -0.39 is 5.95 Å². The van der Waals surface area contributed by atoms with E-state index in [4.69, 9.17) is 0 Å². The second-order valence-electron chi connectivity index (χ2n) is 3.36. The van der Waals surface area contributed by atoms with E-state index in [-0.39, 0.29) is 0 Å². The predicted octanol–water partition coefficient (Wildman–Crippen LogP) is 2.53. The molecule has 1 aliphatic heterocycles. The normalized spacial score (nSPS) is 21.1. The minimum Gasteiger partial charge on any atom is -0.369 e. The Morgan fingerprint density at radius 3 is 3.21 bits per heavy atom. The number of nitrogens with zero attached hydrogens (tertiary/aromatic N) is 1. The number of hydrogen-bond acceptors (Lipinski definition) is 3. The Balaban J connectivity index is 1.85. The zero-order valence-corrected chi connectivity index (χ0v) is 8.69. The maximum Gasteiger partial charge on any atom is 0.214 e. The highest BCUT2D eigenvalue weighted by Gasteiger charge is 2.14. The molecule has 1 aliphatic rings. The van der Waals surface area contributed by atoms with Crippen LogP contribution in [-0.4, -0.2) is 22.5 Å². The SMILES string of the molecule is Fc1cccc(NCC2CCCS2)n1. The Morgan fingerprint density at radius 2 is 2.50 bits per heavy atom. The molecule has 0 spiro atoms. The van der Waals surface area contributed by atoms with Gasteiger partial charge >= 0.3 is 0 Å². The van der Waals surface area contributed by atoms with Gasteiger partial charge in [0.15, 0.2) is 0 Å². The molecular weight excluding hydrogens is 199 g/mol. The fourth-order valence-corrected chi connectivity index (χ4v) is 2.73. The van der Waals surface area contributed by atoms with Crippen LogP contribution >= 0.6 is 11.8 Å². The smallest absolute Gasteiger partial charge is 0.214 e. The van der Waals surface area contributed by atoms with Gasteiger partial charge in [0.05, 0.1) is 0 Å². The van der Waals surface area contributed by atoms with Crippen molar-refractivity contribution in [3.63, 3.8) is 0 Å². The van der Waals surface area contributed by atoms with E-state index in [2.05, 4.69) is 10.3 Å². The molecule has 1 saturated heterocycles. The highest BCUT2D eigenvalue weighted by atomic mass is 32.2. The average Bonchev–Trinajstić information content (AvgIpc) is 2.67. The van der Waals surface area contributed by atoms with Crippen LogP contribution in [0.3, 0.4) is 0 Å². The van der Waals surface area contributed by atoms with Gasteiger partial charge < -0.3 is 5.32 Å². The van der Waals surface area contributed by atoms with Crippen LogP contribution in [0.4, 0.5) is 10.2 Å². The molecule has 1 fully saturated rings. The molecule has 2 nitrogen and oxygen atoms in total. The zero-order chi connectivity index (χ0) is 9.80. The van der Waals surface area contributed by atoms with Crippen molar-refractivity contribution in [1.29, 1.82) is 0 Å². The van der Waals surface area contributed by atoms with Gasteiger partial charge in [0.2, 0.25) is 5.95 Å². The second-order valence-corrected chi connectivity index (χ2v) is 4.77. The number of pyridine rings is 1. The summed E-state index contributed by atoms with van der Waals surface area (Å²) >= 11 is 1.98. The minimum atomic E-state index is -0.422. The lowest BCUT2D eigenvalue weighted by Crippen LogP contribution is -2.14. The molecule has 0 saturated carbocycles. The summed E-state index contributed by atoms with van der Waals surface area (Å²) in [7, 11) is 0. The van der Waals surface area contributed by atoms with Crippen LogP contribution in [0.15, 0.2) is 18.2 Å². The molecule has 1 atom stereocenters. The van der Waals surface area contributed by atoms with Crippen LogP contribution in [0.2, 0.25) is 0 Å². The molecule has 2 rings (SSSR count). The van der Waals surface area contributed by atoms with Crippen molar-refractivity contribution in [2.24, 2.45) is 0 Å². The van der Waals surface area contributed by atoms with Gasteiger partial charge in [-0.05, 0) is 30.7 Å². The summed E-state index contributed by atoms with van der Waals surface area (Å²) in [5, 5.41) is 3.82. The lowest BCUT2D eigenvalue weighted by molar-refractivity contribution is 0.585. The Kier molecular flexibility index (Phi) is 3.24. The van der Waals surface area contributed by atoms with E-state index in [1.54, 1.807) is 12.1 Å². The standard InChI is InChI=1S/C10H13FN2S/c11-9-4-1-5-10(13-9)12-7-8-3-2-6-14-8/h1,4-5,8H,2-3,6-7H2,(H,12,13). The molecule has 4 heteroatoms. The molecule has 1 aromatic rings. The summed E-state index contributed by atoms with van der Waals surface area (Å²) in [4.78, 5) is 3.75. The Bertz CT molecular complexity index is 300. The van der Waals surface area contributed by atoms with Gasteiger partial charge in [-0.25, -0.2) is 4.98 Å². The zero-order valence-electron chi connectivity index (χ0n) is 7.87. The van der Waals surface area contributed by atoms with Crippen molar-refractivity contribution < 1.29 is 4.39 Å². The maximum absolute atomic E-state index is 12.7. The van der Waals surface area contributed by atoms with Gasteiger partial charge in [0, 0.05) is 11.8 Å². The topological polar surface area (TPSA) is 24.9 Å². The molecule has 76 valence electrons. The van der Waals surface area contributed by atoms with Crippen LogP contribution < -0.4 is 5.32 Å². The van der Waals surface area contributed by atoms with Crippen LogP contribution in [-0.2, 0) is 0 Å². The molecule has 1 unspecified atom stereocenters. The van der Waals surface area contributed by atoms with E-state index in [0.29, 0.717) is 11.1 Å². The van der Waals surface area contributed by atoms with E-state index in [9.17, 15) is 4.39 Å². The predicted molar refractivity (Wildman–Crippen MR) is 58.2 cm³/mol. The van der Waals surface area contributed by atoms with Crippen LogP contribution in [0.1, 0.15) is 12.8 Å². The first-order valence-corrected chi connectivity index (χ1v) is 5.87. The Hall–Kier alpha value is -0.770. The fraction of sp³-hybridized carbons (Fsp3) is 0.500. The monoisotopic (exact) mass is 212 g/mol. The summed E-state index contributed by atoms with van der Waals surface area (Å²) in [5.41, 5.74) is 0. The molecule has 0 radical (unpaired) electrons. The average molecular weight is 212 g/mol. The molecule has 1 N–H and O–H groups in total. The number of aromatic nitrogens is 1. The number of nitrogens with one attached hydrogen (secondary N) is 1. The highest BCUT2D eigenvalue weighted by Crippen LogP contribution is 2.25. The van der Waals surface area contributed by atoms with Gasteiger partial charge in [-0.15, -0.1) is 0 Å². The molecule has 0 bridgehead atoms. The largest absolute Gasteiger partial charge is 0.369 e. The molecule has 2 heterocycles. The summed E-state index contributed by atoms with van der Waals surface area (Å²) < 4.78 is 12.7. The van der Waals surface area contributed by atoms with E-state index in [0.717, 1.165) is 6.54 Å². The van der Waals surface area contributed by atoms with Crippen molar-refractivity contribution in [2.75, 3.05) is 17.6 Å². The third-order valence-electron chi connectivity index (χ3n) is 2.25. The van der Waals surface area contributed by atoms with Gasteiger partial charge in [-0.1, -0.05) is 6.07 Å². The lowest BCUT2D eigenvalue weighted by Gasteiger charge is -2.10. The quantitative estimate of drug-likeness (QED) is 0.779. The summed E-state index contributed by atoms with van der Waals surface area (Å²) in [6.07, 6.45) is 2.56. The van der Waals surface area contributed by atoms with Crippen molar-refractivity contribution in [3.05, 3.63) is 24.1 Å². The van der Waals surface area contributed by atoms with Crippen molar-refractivity contribution in [2.45, 2.75) is 18.1 Å². The van der Waals surface area contributed by atoms with Gasteiger partial charge in [-0.2, -0.15) is 16.2 Å². The first-order valence-electron chi connectivity index (χ1n) is 4.82. The molecular formula is C10H13FN2S. The van der Waals surface area contributed by atoms with Crippen molar-refractivity contribution >= 4 is 17.6 Å². The summed E-state index contributed by atoms with van der Waals surface area (Å²) in [5.74, 6) is 1.47. The first kappa shape index (κ1) is 9.77. The number of halogens is 1. The Morgan fingerprint density at radius 1 is 1.57 bits per heavy atom. The molecule has 14 heavy (non-hydrogen) atoms. The van der Waals surface area contributed by atoms with Crippen molar-refractivity contribution in [3.8, 4) is 0 Å². The maximum atomic E-state index is 12.7. The van der Waals surface area contributed by atoms with Gasteiger partial charge in [0.1, 0.15) is 5.82 Å². The number of rotatable bonds is 3. The summed E-state index contributed by atoms with van der Waals surface area (Å²) in [6.45, 7) is 0.890. The number of thioether (sulfide) groups is 1. The lowest BCUT2D eigenvalue weighted by atomic mass is 10.2. The Labute approximate surface area is 87.3 Å². The van der Waals surface area contributed by atoms with Crippen molar-refractivity contribution in [1.82, 2.24) is 4.98 Å². The molecule has 0 amide bonds. The third-order valence-corrected chi connectivity index (χ3v) is 3.65. The first-order chi connectivity index (χ1) is 6.84. The van der Waals surface area contributed by atoms with Crippen LogP contribution in [0.5, 0.6) is 0 Å². The fourth-order valence-electron chi connectivity index (χ4n) is 1.53. The van der Waals surface area contributed by atoms with Gasteiger partial charge in [-0.3, -0.25) is 0 Å². The van der Waals surface area contributed by atoms with E-state index in [1.165, 1.54) is 24.7 Å². The second kappa shape index (κ2) is 4.64. The van der Waals surface area contributed by atoms with Gasteiger partial charge in [0.25, 0.3) is 0 Å². The minimum absolute atomic E-state index is 0.422. The molecule has 1 aromatic heterocycles. The highest BCUT2D eigenvalue weighted by molar-refractivity contribution is 8.00. The molecule has 0 aromatic carbocycles. The van der Waals surface area contributed by atoms with Crippen LogP contribution in [0.25, 0.3) is 0 Å². The van der Waals surface area contributed by atoms with Crippen LogP contribution in [0, 0.1) is 5.95 Å². The third kappa shape index (κ3) is 2.61. The van der Waals surface area contributed by atoms with E-state index in [1.807, 2.05) is 11.8 Å². The van der Waals surface area contributed by atoms with E-state index >= 15 is 0 Å². The molecule has 0 aliphatic carbocycles. The summed E-state index contributed by atoms with van der Waals surface area (Å²) in [6, 6.07) is 4.82. The number of anilines is 1.